The second kappa shape index (κ2) is 11.4. The zero-order valence-corrected chi connectivity index (χ0v) is 30.2. The molecule has 0 amide bonds. The summed E-state index contributed by atoms with van der Waals surface area (Å²) >= 11 is 0. The zero-order chi connectivity index (χ0) is 37.2. The van der Waals surface area contributed by atoms with Crippen LogP contribution in [-0.2, 0) is 0 Å². The van der Waals surface area contributed by atoms with Crippen molar-refractivity contribution in [3.63, 3.8) is 0 Å². The van der Waals surface area contributed by atoms with Crippen LogP contribution >= 0.6 is 0 Å². The number of hydrogen-bond donors (Lipinski definition) is 0. The van der Waals surface area contributed by atoms with Crippen molar-refractivity contribution in [1.82, 2.24) is 15.0 Å². The van der Waals surface area contributed by atoms with Gasteiger partial charge in [0.1, 0.15) is 33.5 Å². The van der Waals surface area contributed by atoms with Crippen LogP contribution in [0.1, 0.15) is 0 Å². The Bertz CT molecular complexity index is 3660. The van der Waals surface area contributed by atoms with Gasteiger partial charge in [0, 0.05) is 59.8 Å². The summed E-state index contributed by atoms with van der Waals surface area (Å²) in [6.45, 7) is 0. The van der Waals surface area contributed by atoms with Gasteiger partial charge in [-0.25, -0.2) is 15.0 Å². The molecule has 0 bridgehead atoms. The maximum atomic E-state index is 6.64. The highest BCUT2D eigenvalue weighted by Gasteiger charge is 2.24. The molecule has 0 radical (unpaired) electrons. The zero-order valence-electron chi connectivity index (χ0n) is 30.2. The van der Waals surface area contributed by atoms with Crippen molar-refractivity contribution in [3.05, 3.63) is 164 Å². The fourth-order valence-electron chi connectivity index (χ4n) is 8.98. The highest BCUT2D eigenvalue weighted by Crippen LogP contribution is 2.45. The van der Waals surface area contributed by atoms with Crippen LogP contribution in [0.4, 0.5) is 0 Å². The lowest BCUT2D eigenvalue weighted by Gasteiger charge is -2.13. The average Bonchev–Trinajstić information content (AvgIpc) is 3.98. The molecule has 264 valence electrons. The Kier molecular flexibility index (Phi) is 6.07. The third-order valence-electron chi connectivity index (χ3n) is 11.5. The smallest absolute Gasteiger partial charge is 0.164 e. The minimum atomic E-state index is 0.539. The van der Waals surface area contributed by atoms with Gasteiger partial charge in [-0.3, -0.25) is 0 Å². The first-order chi connectivity index (χ1) is 28.2. The van der Waals surface area contributed by atoms with Crippen LogP contribution in [0.15, 0.2) is 177 Å². The van der Waals surface area contributed by atoms with Crippen molar-refractivity contribution in [2.24, 2.45) is 0 Å². The van der Waals surface area contributed by atoms with Gasteiger partial charge in [0.15, 0.2) is 17.5 Å². The quantitative estimate of drug-likeness (QED) is 0.180. The van der Waals surface area contributed by atoms with Crippen LogP contribution < -0.4 is 0 Å². The maximum absolute atomic E-state index is 6.64. The van der Waals surface area contributed by atoms with Gasteiger partial charge in [-0.15, -0.1) is 0 Å². The third-order valence-corrected chi connectivity index (χ3v) is 11.5. The molecule has 0 aliphatic heterocycles. The van der Waals surface area contributed by atoms with Crippen LogP contribution in [0.5, 0.6) is 0 Å². The summed E-state index contributed by atoms with van der Waals surface area (Å²) in [7, 11) is 0. The highest BCUT2D eigenvalue weighted by molar-refractivity contribution is 6.24. The first kappa shape index (κ1) is 30.5. The predicted octanol–water partition coefficient (Wildman–Crippen LogP) is 14.0. The van der Waals surface area contributed by atoms with Crippen LogP contribution in [0.2, 0.25) is 0 Å². The number of rotatable bonds is 3. The Morgan fingerprint density at radius 3 is 1.19 bits per heavy atom. The molecule has 4 aromatic heterocycles. The molecule has 0 saturated carbocycles. The number of furan rings is 3. The van der Waals surface area contributed by atoms with Crippen molar-refractivity contribution in [2.45, 2.75) is 0 Å². The Labute approximate surface area is 323 Å². The van der Waals surface area contributed by atoms with Crippen LogP contribution in [0.25, 0.3) is 132 Å². The summed E-state index contributed by atoms with van der Waals surface area (Å²) in [5.74, 6) is 1.62. The second-order valence-corrected chi connectivity index (χ2v) is 14.6. The first-order valence-electron chi connectivity index (χ1n) is 19.0. The highest BCUT2D eigenvalue weighted by atomic mass is 16.3. The molecule has 0 atom stereocenters. The van der Waals surface area contributed by atoms with Gasteiger partial charge in [-0.1, -0.05) is 127 Å². The Hall–Kier alpha value is -7.83. The molecule has 0 fully saturated rings. The van der Waals surface area contributed by atoms with Gasteiger partial charge >= 0.3 is 0 Å². The van der Waals surface area contributed by atoms with Gasteiger partial charge in [0.2, 0.25) is 0 Å². The molecule has 0 unspecified atom stereocenters. The summed E-state index contributed by atoms with van der Waals surface area (Å²) in [5.41, 5.74) is 7.41. The second-order valence-electron chi connectivity index (χ2n) is 14.6. The van der Waals surface area contributed by atoms with Crippen molar-refractivity contribution in [3.8, 4) is 34.2 Å². The van der Waals surface area contributed by atoms with E-state index in [1.54, 1.807) is 0 Å². The molecule has 0 saturated heterocycles. The molecule has 6 heteroatoms. The molecule has 0 N–H and O–H groups in total. The lowest BCUT2D eigenvalue weighted by molar-refractivity contribution is 0.669. The summed E-state index contributed by atoms with van der Waals surface area (Å²) in [4.78, 5) is 16.3. The van der Waals surface area contributed by atoms with Crippen molar-refractivity contribution in [1.29, 1.82) is 0 Å². The lowest BCUT2D eigenvalue weighted by atomic mass is 9.97. The van der Waals surface area contributed by atoms with E-state index >= 15 is 0 Å². The van der Waals surface area contributed by atoms with E-state index < -0.39 is 0 Å². The number of para-hydroxylation sites is 3. The van der Waals surface area contributed by atoms with Gasteiger partial charge < -0.3 is 13.3 Å². The molecule has 57 heavy (non-hydrogen) atoms. The number of aromatic nitrogens is 3. The molecule has 13 aromatic rings. The Morgan fingerprint density at radius 1 is 0.281 bits per heavy atom. The van der Waals surface area contributed by atoms with Crippen molar-refractivity contribution < 1.29 is 13.3 Å². The van der Waals surface area contributed by atoms with Crippen LogP contribution in [0, 0.1) is 0 Å². The molecule has 6 nitrogen and oxygen atoms in total. The SMILES string of the molecule is c1ccc2c(c1)cc(-c1nc(-c3cc4oc5ccccc5c4c4ccccc34)nc(-c3cc4ccccc4c4oc5ccccc5c34)n1)c1c3ccccc3oc21. The van der Waals surface area contributed by atoms with E-state index in [0.29, 0.717) is 17.5 Å². The molecule has 13 rings (SSSR count). The van der Waals surface area contributed by atoms with Crippen LogP contribution in [0.3, 0.4) is 0 Å². The normalized spacial score (nSPS) is 12.2. The van der Waals surface area contributed by atoms with Gasteiger partial charge in [-0.2, -0.15) is 0 Å². The van der Waals surface area contributed by atoms with E-state index in [9.17, 15) is 0 Å². The Balaban J connectivity index is 1.20. The molecular formula is C51H27N3O3. The maximum Gasteiger partial charge on any atom is 0.164 e. The summed E-state index contributed by atoms with van der Waals surface area (Å²) in [6.07, 6.45) is 0. The Morgan fingerprint density at radius 2 is 0.667 bits per heavy atom. The molecule has 9 aromatic carbocycles. The van der Waals surface area contributed by atoms with E-state index in [1.165, 1.54) is 0 Å². The van der Waals surface area contributed by atoms with Crippen molar-refractivity contribution >= 4 is 98.1 Å². The number of hydrogen-bond acceptors (Lipinski definition) is 6. The largest absolute Gasteiger partial charge is 0.456 e. The predicted molar refractivity (Wildman–Crippen MR) is 230 cm³/mol. The minimum absolute atomic E-state index is 0.539. The summed E-state index contributed by atoms with van der Waals surface area (Å²) in [5, 5.41) is 12.3. The van der Waals surface area contributed by atoms with Gasteiger partial charge in [-0.05, 0) is 57.9 Å². The van der Waals surface area contributed by atoms with Crippen LogP contribution in [-0.4, -0.2) is 15.0 Å². The number of nitrogens with zero attached hydrogens (tertiary/aromatic N) is 3. The van der Waals surface area contributed by atoms with Gasteiger partial charge in [0.05, 0.1) is 0 Å². The van der Waals surface area contributed by atoms with E-state index in [-0.39, 0.29) is 0 Å². The van der Waals surface area contributed by atoms with E-state index in [4.69, 9.17) is 28.2 Å². The first-order valence-corrected chi connectivity index (χ1v) is 19.0. The average molecular weight is 730 g/mol. The standard InChI is InChI=1S/C51H27N3O3/c1-3-15-30-28(13-1)25-38(45-35-20-8-11-23-41(35)56-47(30)45)50-52-49(37-27-43-44(33-18-6-5-17-32(33)37)34-19-7-10-22-40(34)55-43)53-51(54-50)39-26-29-14-2-4-16-31(29)48-46(39)36-21-9-12-24-42(36)57-48/h1-27H. The summed E-state index contributed by atoms with van der Waals surface area (Å²) < 4.78 is 19.8. The molecule has 4 heterocycles. The number of fused-ring (bicyclic) bond motifs is 15. The van der Waals surface area contributed by atoms with E-state index in [1.807, 2.05) is 60.7 Å². The fraction of sp³-hybridized carbons (Fsp3) is 0. The topological polar surface area (TPSA) is 78.1 Å². The van der Waals surface area contributed by atoms with E-state index in [0.717, 1.165) is 115 Å². The monoisotopic (exact) mass is 729 g/mol. The third kappa shape index (κ3) is 4.32. The van der Waals surface area contributed by atoms with Gasteiger partial charge in [0.25, 0.3) is 0 Å². The molecule has 0 aliphatic rings. The van der Waals surface area contributed by atoms with E-state index in [2.05, 4.69) is 103 Å². The number of benzene rings is 9. The van der Waals surface area contributed by atoms with Crippen molar-refractivity contribution in [2.75, 3.05) is 0 Å². The molecule has 0 aliphatic carbocycles. The molecule has 0 spiro atoms. The molecular weight excluding hydrogens is 703 g/mol. The minimum Gasteiger partial charge on any atom is -0.456 e. The summed E-state index contributed by atoms with van der Waals surface area (Å²) in [6, 6.07) is 56.1. The lowest BCUT2D eigenvalue weighted by Crippen LogP contribution is -2.01. The fourth-order valence-corrected chi connectivity index (χ4v) is 8.98.